The second-order valence-corrected chi connectivity index (χ2v) is 7.26. The molecule has 3 aromatic rings. The number of halogens is 1. The average Bonchev–Trinajstić information content (AvgIpc) is 2.64. The largest absolute Gasteiger partial charge is 0.384 e. The summed E-state index contributed by atoms with van der Waals surface area (Å²) in [4.78, 5) is 7.54. The van der Waals surface area contributed by atoms with Crippen molar-refractivity contribution in [1.29, 1.82) is 0 Å². The molecule has 0 aliphatic rings. The highest BCUT2D eigenvalue weighted by Gasteiger charge is 2.10. The molecule has 0 bridgehead atoms. The minimum atomic E-state index is -4.67. The Labute approximate surface area is 162 Å². The summed E-state index contributed by atoms with van der Waals surface area (Å²) in [5.41, 5.74) is 14.5. The van der Waals surface area contributed by atoms with Crippen molar-refractivity contribution in [3.05, 3.63) is 77.0 Å². The lowest BCUT2D eigenvalue weighted by Gasteiger charge is -1.99. The Kier molecular flexibility index (Phi) is 5.51. The molecule has 0 atom stereocenters. The van der Waals surface area contributed by atoms with E-state index in [0.29, 0.717) is 11.5 Å². The van der Waals surface area contributed by atoms with Gasteiger partial charge in [0.1, 0.15) is 5.82 Å². The Balaban J connectivity index is 1.68. The fraction of sp³-hybridized carbons (Fsp3) is 0. The van der Waals surface area contributed by atoms with E-state index in [-0.39, 0.29) is 10.8 Å². The first-order valence-electron chi connectivity index (χ1n) is 8.20. The Hall–Kier alpha value is -3.52. The van der Waals surface area contributed by atoms with E-state index in [2.05, 4.69) is 9.97 Å². The molecule has 8 heteroatoms. The van der Waals surface area contributed by atoms with E-state index < -0.39 is 10.2 Å². The van der Waals surface area contributed by atoms with E-state index in [1.54, 1.807) is 24.3 Å². The van der Waals surface area contributed by atoms with Gasteiger partial charge in [-0.1, -0.05) is 54.6 Å². The normalized spacial score (nSPS) is 12.0. The van der Waals surface area contributed by atoms with E-state index in [1.807, 2.05) is 42.5 Å². The summed E-state index contributed by atoms with van der Waals surface area (Å²) < 4.78 is 34.5. The molecule has 142 valence electrons. The van der Waals surface area contributed by atoms with E-state index in [0.717, 1.165) is 16.7 Å². The van der Waals surface area contributed by atoms with Gasteiger partial charge < -0.3 is 11.5 Å². The summed E-state index contributed by atoms with van der Waals surface area (Å²) >= 11 is 0. The quantitative estimate of drug-likeness (QED) is 0.503. The maximum absolute atomic E-state index is 12.9. The van der Waals surface area contributed by atoms with Gasteiger partial charge in [-0.2, -0.15) is 13.4 Å². The molecule has 0 spiro atoms. The maximum atomic E-state index is 12.9. The van der Waals surface area contributed by atoms with E-state index in [1.165, 1.54) is 12.1 Å². The number of nitrogens with two attached hydrogens (primary N) is 2. The summed E-state index contributed by atoms with van der Waals surface area (Å²) in [6, 6.07) is 14.9. The number of hydrogen-bond donors (Lipinski definition) is 2. The molecule has 3 rings (SSSR count). The van der Waals surface area contributed by atoms with Crippen molar-refractivity contribution >= 4 is 46.3 Å². The van der Waals surface area contributed by atoms with Crippen molar-refractivity contribution in [2.24, 2.45) is 0 Å². The fourth-order valence-electron chi connectivity index (χ4n) is 2.42. The second kappa shape index (κ2) is 8.01. The summed E-state index contributed by atoms with van der Waals surface area (Å²) in [5.74, 6) is 0.432. The predicted octanol–water partition coefficient (Wildman–Crippen LogP) is 3.64. The third-order valence-electron chi connectivity index (χ3n) is 3.80. The maximum Gasteiger partial charge on any atom is 0.332 e. The smallest absolute Gasteiger partial charge is 0.332 e. The highest BCUT2D eigenvalue weighted by Crippen LogP contribution is 2.16. The van der Waals surface area contributed by atoms with Gasteiger partial charge in [0, 0.05) is 6.07 Å². The van der Waals surface area contributed by atoms with Crippen LogP contribution < -0.4 is 11.5 Å². The van der Waals surface area contributed by atoms with Crippen LogP contribution in [0.1, 0.15) is 22.4 Å². The minimum absolute atomic E-state index is 0.122. The first-order chi connectivity index (χ1) is 13.3. The lowest BCUT2D eigenvalue weighted by atomic mass is 10.1. The van der Waals surface area contributed by atoms with E-state index in [9.17, 15) is 12.3 Å². The molecule has 0 aliphatic carbocycles. The van der Waals surface area contributed by atoms with Crippen LogP contribution in [0.5, 0.6) is 0 Å². The molecule has 0 fully saturated rings. The molecule has 0 unspecified atom stereocenters. The lowest BCUT2D eigenvalue weighted by molar-refractivity contribution is 0.552. The topological polar surface area (TPSA) is 112 Å². The number of nitrogen functional groups attached to an aromatic ring is 2. The van der Waals surface area contributed by atoms with Crippen LogP contribution >= 0.6 is 0 Å². The van der Waals surface area contributed by atoms with Gasteiger partial charge in [-0.3, -0.25) is 0 Å². The van der Waals surface area contributed by atoms with Gasteiger partial charge in [-0.25, -0.2) is 4.98 Å². The molecule has 1 aromatic heterocycles. The highest BCUT2D eigenvalue weighted by molar-refractivity contribution is 7.86. The summed E-state index contributed by atoms with van der Waals surface area (Å²) in [6.07, 6.45) is 7.36. The molecule has 4 N–H and O–H groups in total. The van der Waals surface area contributed by atoms with E-state index in [4.69, 9.17) is 11.5 Å². The Morgan fingerprint density at radius 2 is 1.21 bits per heavy atom. The number of benzene rings is 2. The molecule has 0 amide bonds. The molecule has 1 heterocycles. The molecule has 0 aliphatic heterocycles. The zero-order valence-electron chi connectivity index (χ0n) is 14.7. The van der Waals surface area contributed by atoms with Crippen LogP contribution in [0.15, 0.2) is 59.5 Å². The van der Waals surface area contributed by atoms with Crippen molar-refractivity contribution in [2.75, 3.05) is 11.5 Å². The molecule has 28 heavy (non-hydrogen) atoms. The van der Waals surface area contributed by atoms with Crippen molar-refractivity contribution in [3.63, 3.8) is 0 Å². The van der Waals surface area contributed by atoms with Gasteiger partial charge in [0.25, 0.3) is 0 Å². The zero-order chi connectivity index (χ0) is 20.1. The molecule has 0 radical (unpaired) electrons. The van der Waals surface area contributed by atoms with Crippen LogP contribution in [0.4, 0.5) is 15.7 Å². The van der Waals surface area contributed by atoms with Crippen molar-refractivity contribution < 1.29 is 12.3 Å². The molecular formula is C20H17FN4O2S. The van der Waals surface area contributed by atoms with Gasteiger partial charge in [0.15, 0.2) is 0 Å². The summed E-state index contributed by atoms with van der Waals surface area (Å²) in [6.45, 7) is 0. The Morgan fingerprint density at radius 3 is 1.68 bits per heavy atom. The molecule has 0 saturated carbocycles. The SMILES string of the molecule is Nc1cc(C=Cc2ccc(C=Cc3ccc(S(=O)(=O)F)cc3)cc2)nc(N)n1. The highest BCUT2D eigenvalue weighted by atomic mass is 32.3. The van der Waals surface area contributed by atoms with Crippen LogP contribution in [0, 0.1) is 0 Å². The van der Waals surface area contributed by atoms with Crippen molar-refractivity contribution in [2.45, 2.75) is 4.90 Å². The van der Waals surface area contributed by atoms with Gasteiger partial charge in [-0.15, -0.1) is 3.89 Å². The molecular weight excluding hydrogens is 379 g/mol. The number of aromatic nitrogens is 2. The molecule has 0 saturated heterocycles. The van der Waals surface area contributed by atoms with Gasteiger partial charge in [0.2, 0.25) is 5.95 Å². The first-order valence-corrected chi connectivity index (χ1v) is 9.59. The van der Waals surface area contributed by atoms with Crippen LogP contribution in [-0.4, -0.2) is 18.4 Å². The lowest BCUT2D eigenvalue weighted by Crippen LogP contribution is -2.00. The fourth-order valence-corrected chi connectivity index (χ4v) is 2.89. The first kappa shape index (κ1) is 19.2. The number of hydrogen-bond acceptors (Lipinski definition) is 6. The monoisotopic (exact) mass is 396 g/mol. The zero-order valence-corrected chi connectivity index (χ0v) is 15.5. The molecule has 2 aromatic carbocycles. The van der Waals surface area contributed by atoms with Crippen LogP contribution in [0.2, 0.25) is 0 Å². The summed E-state index contributed by atoms with van der Waals surface area (Å²) in [7, 11) is -4.67. The second-order valence-electron chi connectivity index (χ2n) is 5.92. The van der Waals surface area contributed by atoms with Gasteiger partial charge in [0.05, 0.1) is 10.6 Å². The number of anilines is 2. The predicted molar refractivity (Wildman–Crippen MR) is 110 cm³/mol. The van der Waals surface area contributed by atoms with Crippen LogP contribution in [-0.2, 0) is 10.2 Å². The van der Waals surface area contributed by atoms with Gasteiger partial charge in [-0.05, 0) is 34.9 Å². The standard InChI is InChI=1S/C20H17FN4O2S/c21-28(26,27)18-11-8-16(9-12-18)6-3-14-1-4-15(5-2-14)7-10-17-13-19(22)25-20(23)24-17/h1-13H,(H4,22,23,24,25). The van der Waals surface area contributed by atoms with Crippen molar-refractivity contribution in [3.8, 4) is 0 Å². The van der Waals surface area contributed by atoms with Gasteiger partial charge >= 0.3 is 10.2 Å². The van der Waals surface area contributed by atoms with E-state index >= 15 is 0 Å². The molecule has 6 nitrogen and oxygen atoms in total. The van der Waals surface area contributed by atoms with Crippen LogP contribution in [0.25, 0.3) is 24.3 Å². The third kappa shape index (κ3) is 5.24. The number of nitrogens with zero attached hydrogens (tertiary/aromatic N) is 2. The Morgan fingerprint density at radius 1 is 0.750 bits per heavy atom. The minimum Gasteiger partial charge on any atom is -0.384 e. The number of rotatable bonds is 5. The van der Waals surface area contributed by atoms with Crippen LogP contribution in [0.3, 0.4) is 0 Å². The average molecular weight is 396 g/mol. The third-order valence-corrected chi connectivity index (χ3v) is 4.63. The Bertz CT molecular complexity index is 1120. The van der Waals surface area contributed by atoms with Crippen molar-refractivity contribution in [1.82, 2.24) is 9.97 Å². The summed E-state index contributed by atoms with van der Waals surface area (Å²) in [5, 5.41) is 0.